The molecule has 0 bridgehead atoms. The van der Waals surface area contributed by atoms with E-state index in [0.717, 1.165) is 12.0 Å². The lowest BCUT2D eigenvalue weighted by Gasteiger charge is -2.20. The van der Waals surface area contributed by atoms with Crippen molar-refractivity contribution >= 4 is 11.6 Å². The second kappa shape index (κ2) is 7.55. The van der Waals surface area contributed by atoms with Gasteiger partial charge in [-0.25, -0.2) is 4.39 Å². The minimum atomic E-state index is -0.868. The lowest BCUT2D eigenvalue weighted by atomic mass is 10.0. The second-order valence-electron chi connectivity index (χ2n) is 4.96. The van der Waals surface area contributed by atoms with Gasteiger partial charge >= 0.3 is 0 Å². The molecule has 0 spiro atoms. The van der Waals surface area contributed by atoms with Crippen molar-refractivity contribution in [1.29, 1.82) is 0 Å². The monoisotopic (exact) mass is 307 g/mol. The molecule has 0 saturated heterocycles. The maximum Gasteiger partial charge on any atom is 0.129 e. The fourth-order valence-electron chi connectivity index (χ4n) is 2.30. The summed E-state index contributed by atoms with van der Waals surface area (Å²) in [6, 6.07) is 14.0. The van der Waals surface area contributed by atoms with Crippen molar-refractivity contribution in [3.8, 4) is 0 Å². The highest BCUT2D eigenvalue weighted by atomic mass is 35.5. The topological polar surface area (TPSA) is 32.3 Å². The number of nitrogens with one attached hydrogen (secondary N) is 1. The van der Waals surface area contributed by atoms with Crippen LogP contribution in [0.3, 0.4) is 0 Å². The van der Waals surface area contributed by atoms with E-state index >= 15 is 0 Å². The highest BCUT2D eigenvalue weighted by Gasteiger charge is 2.15. The zero-order valence-electron chi connectivity index (χ0n) is 11.9. The lowest BCUT2D eigenvalue weighted by Crippen LogP contribution is -2.26. The van der Waals surface area contributed by atoms with Crippen LogP contribution in [0.2, 0.25) is 5.02 Å². The van der Waals surface area contributed by atoms with Gasteiger partial charge in [0.15, 0.2) is 0 Å². The second-order valence-corrected chi connectivity index (χ2v) is 5.39. The van der Waals surface area contributed by atoms with E-state index in [0.29, 0.717) is 17.1 Å². The first-order valence-electron chi connectivity index (χ1n) is 7.03. The van der Waals surface area contributed by atoms with Gasteiger partial charge in [0.2, 0.25) is 0 Å². The molecule has 2 N–H and O–H groups in total. The maximum absolute atomic E-state index is 13.6. The average molecular weight is 308 g/mol. The molecule has 2 nitrogen and oxygen atoms in total. The first kappa shape index (κ1) is 16.0. The molecule has 0 aliphatic heterocycles. The molecule has 21 heavy (non-hydrogen) atoms. The number of aliphatic hydroxyl groups excluding tert-OH is 1. The number of halogens is 2. The first-order valence-corrected chi connectivity index (χ1v) is 7.41. The van der Waals surface area contributed by atoms with E-state index in [1.165, 1.54) is 6.07 Å². The van der Waals surface area contributed by atoms with Crippen molar-refractivity contribution in [2.24, 2.45) is 0 Å². The van der Waals surface area contributed by atoms with E-state index in [2.05, 4.69) is 12.2 Å². The smallest absolute Gasteiger partial charge is 0.129 e. The van der Waals surface area contributed by atoms with Crippen LogP contribution >= 0.6 is 11.6 Å². The summed E-state index contributed by atoms with van der Waals surface area (Å²) in [6.45, 7) is 2.35. The Morgan fingerprint density at radius 1 is 1.14 bits per heavy atom. The van der Waals surface area contributed by atoms with Crippen LogP contribution < -0.4 is 5.32 Å². The number of aliphatic hydroxyl groups is 1. The lowest BCUT2D eigenvalue weighted by molar-refractivity contribution is 0.165. The number of benzene rings is 2. The summed E-state index contributed by atoms with van der Waals surface area (Å²) in [7, 11) is 0. The Labute approximate surface area is 129 Å². The normalized spacial score (nSPS) is 13.9. The van der Waals surface area contributed by atoms with Crippen LogP contribution in [0.1, 0.15) is 36.6 Å². The number of hydrogen-bond acceptors (Lipinski definition) is 2. The predicted octanol–water partition coefficient (Wildman–Crippen LogP) is 4.25. The third kappa shape index (κ3) is 4.27. The van der Waals surface area contributed by atoms with Crippen LogP contribution in [0, 0.1) is 5.82 Å². The summed E-state index contributed by atoms with van der Waals surface area (Å²) >= 11 is 5.88. The molecule has 2 aromatic rings. The van der Waals surface area contributed by atoms with E-state index in [1.54, 1.807) is 18.2 Å². The SMILES string of the molecule is CCC(NCC(O)c1ccccc1F)c1ccc(Cl)cc1. The molecule has 112 valence electrons. The third-order valence-electron chi connectivity index (χ3n) is 3.50. The van der Waals surface area contributed by atoms with Gasteiger partial charge in [0.05, 0.1) is 6.10 Å². The van der Waals surface area contributed by atoms with Gasteiger partial charge in [-0.2, -0.15) is 0 Å². The van der Waals surface area contributed by atoms with Crippen molar-refractivity contribution in [2.75, 3.05) is 6.54 Å². The van der Waals surface area contributed by atoms with Crippen LogP contribution in [0.15, 0.2) is 48.5 Å². The predicted molar refractivity (Wildman–Crippen MR) is 83.8 cm³/mol. The fraction of sp³-hybridized carbons (Fsp3) is 0.294. The van der Waals surface area contributed by atoms with Crippen LogP contribution in [0.5, 0.6) is 0 Å². The van der Waals surface area contributed by atoms with Crippen LogP contribution in [0.4, 0.5) is 4.39 Å². The van der Waals surface area contributed by atoms with Gasteiger partial charge in [-0.05, 0) is 30.2 Å². The fourth-order valence-corrected chi connectivity index (χ4v) is 2.43. The van der Waals surface area contributed by atoms with E-state index in [-0.39, 0.29) is 11.9 Å². The van der Waals surface area contributed by atoms with Crippen molar-refractivity contribution in [3.05, 3.63) is 70.5 Å². The van der Waals surface area contributed by atoms with Gasteiger partial charge in [0.25, 0.3) is 0 Å². The Morgan fingerprint density at radius 2 is 1.81 bits per heavy atom. The minimum absolute atomic E-state index is 0.101. The van der Waals surface area contributed by atoms with E-state index in [9.17, 15) is 9.50 Å². The Hall–Kier alpha value is -1.42. The molecule has 0 aliphatic rings. The van der Waals surface area contributed by atoms with E-state index < -0.39 is 6.10 Å². The van der Waals surface area contributed by atoms with Crippen LogP contribution in [-0.2, 0) is 0 Å². The van der Waals surface area contributed by atoms with Gasteiger partial charge in [0.1, 0.15) is 5.82 Å². The Bertz CT molecular complexity index is 573. The zero-order chi connectivity index (χ0) is 15.2. The van der Waals surface area contributed by atoms with Crippen molar-refractivity contribution in [2.45, 2.75) is 25.5 Å². The summed E-state index contributed by atoms with van der Waals surface area (Å²) in [6.07, 6.45) is -0.00132. The Morgan fingerprint density at radius 3 is 2.43 bits per heavy atom. The van der Waals surface area contributed by atoms with Gasteiger partial charge in [-0.15, -0.1) is 0 Å². The van der Waals surface area contributed by atoms with Gasteiger partial charge in [0, 0.05) is 23.2 Å². The summed E-state index contributed by atoms with van der Waals surface area (Å²) in [5.74, 6) is -0.383. The number of hydrogen-bond donors (Lipinski definition) is 2. The van der Waals surface area contributed by atoms with E-state index in [4.69, 9.17) is 11.6 Å². The van der Waals surface area contributed by atoms with Crippen molar-refractivity contribution in [3.63, 3.8) is 0 Å². The van der Waals surface area contributed by atoms with Gasteiger partial charge < -0.3 is 10.4 Å². The Balaban J connectivity index is 2.00. The molecule has 2 aromatic carbocycles. The molecule has 0 amide bonds. The van der Waals surface area contributed by atoms with Gasteiger partial charge in [-0.3, -0.25) is 0 Å². The molecule has 0 saturated carbocycles. The molecule has 4 heteroatoms. The molecule has 2 atom stereocenters. The van der Waals surface area contributed by atoms with Crippen molar-refractivity contribution < 1.29 is 9.50 Å². The summed E-state index contributed by atoms with van der Waals surface area (Å²) in [4.78, 5) is 0. The molecule has 0 aromatic heterocycles. The molecule has 0 fully saturated rings. The largest absolute Gasteiger partial charge is 0.387 e. The Kier molecular flexibility index (Phi) is 5.74. The van der Waals surface area contributed by atoms with Crippen LogP contribution in [0.25, 0.3) is 0 Å². The molecule has 2 rings (SSSR count). The highest BCUT2D eigenvalue weighted by molar-refractivity contribution is 6.30. The molecular formula is C17H19ClFNO. The number of rotatable bonds is 6. The average Bonchev–Trinajstić information content (AvgIpc) is 2.49. The zero-order valence-corrected chi connectivity index (χ0v) is 12.6. The molecule has 2 unspecified atom stereocenters. The summed E-state index contributed by atoms with van der Waals surface area (Å²) < 4.78 is 13.6. The maximum atomic E-state index is 13.6. The quantitative estimate of drug-likeness (QED) is 0.836. The molecular weight excluding hydrogens is 289 g/mol. The van der Waals surface area contributed by atoms with Crippen LogP contribution in [-0.4, -0.2) is 11.7 Å². The first-order chi connectivity index (χ1) is 10.1. The summed E-state index contributed by atoms with van der Waals surface area (Å²) in [5.41, 5.74) is 1.42. The highest BCUT2D eigenvalue weighted by Crippen LogP contribution is 2.21. The third-order valence-corrected chi connectivity index (χ3v) is 3.75. The standard InChI is InChI=1S/C17H19ClFNO/c1-2-16(12-7-9-13(18)10-8-12)20-11-17(21)14-5-3-4-6-15(14)19/h3-10,16-17,20-21H,2,11H2,1H3. The van der Waals surface area contributed by atoms with E-state index in [1.807, 2.05) is 24.3 Å². The molecule has 0 radical (unpaired) electrons. The van der Waals surface area contributed by atoms with Gasteiger partial charge in [-0.1, -0.05) is 48.9 Å². The van der Waals surface area contributed by atoms with Crippen molar-refractivity contribution in [1.82, 2.24) is 5.32 Å². The minimum Gasteiger partial charge on any atom is -0.387 e. The molecule has 0 aliphatic carbocycles. The summed E-state index contributed by atoms with van der Waals surface area (Å²) in [5, 5.41) is 14.1. The molecule has 0 heterocycles.